The van der Waals surface area contributed by atoms with Gasteiger partial charge in [-0.25, -0.2) is 9.78 Å². The zero-order valence-electron chi connectivity index (χ0n) is 10.9. The number of imidazole rings is 1. The second-order valence-corrected chi connectivity index (χ2v) is 4.39. The predicted molar refractivity (Wildman–Crippen MR) is 71.9 cm³/mol. The first-order chi connectivity index (χ1) is 9.84. The van der Waals surface area contributed by atoms with Crippen LogP contribution in [0, 0.1) is 0 Å². The molecule has 0 unspecified atom stereocenters. The number of hydrogen-bond acceptors (Lipinski definition) is 5. The van der Waals surface area contributed by atoms with Crippen LogP contribution >= 0.6 is 0 Å². The van der Waals surface area contributed by atoms with E-state index in [0.717, 1.165) is 13.1 Å². The van der Waals surface area contributed by atoms with Crippen LogP contribution in [0.4, 0.5) is 4.79 Å². The number of aromatic nitrogens is 3. The van der Waals surface area contributed by atoms with Gasteiger partial charge < -0.3 is 15.1 Å². The number of nitrogens with zero attached hydrogens (tertiary/aromatic N) is 4. The van der Waals surface area contributed by atoms with Crippen molar-refractivity contribution in [1.82, 2.24) is 24.9 Å². The van der Waals surface area contributed by atoms with Gasteiger partial charge in [0.2, 0.25) is 0 Å². The number of amides is 1. The van der Waals surface area contributed by atoms with Crippen LogP contribution in [0.25, 0.3) is 11.5 Å². The van der Waals surface area contributed by atoms with Crippen molar-refractivity contribution >= 4 is 6.09 Å². The van der Waals surface area contributed by atoms with Crippen molar-refractivity contribution < 1.29 is 9.63 Å². The topological polar surface area (TPSA) is 72.3 Å². The molecule has 0 aliphatic carbocycles. The lowest BCUT2D eigenvalue weighted by Gasteiger charge is -2.26. The minimum atomic E-state index is -0.373. The molecule has 2 aromatic heterocycles. The first-order valence-electron chi connectivity index (χ1n) is 6.47. The Hall–Kier alpha value is -2.41. The number of rotatable bonds is 2. The van der Waals surface area contributed by atoms with E-state index in [1.807, 2.05) is 18.2 Å². The molecule has 3 rings (SSSR count). The van der Waals surface area contributed by atoms with E-state index < -0.39 is 0 Å². The molecule has 1 fully saturated rings. The minimum absolute atomic E-state index is 0.373. The molecule has 1 N–H and O–H groups in total. The Morgan fingerprint density at radius 3 is 2.80 bits per heavy atom. The molecule has 1 saturated heterocycles. The van der Waals surface area contributed by atoms with Crippen LogP contribution in [-0.4, -0.2) is 51.9 Å². The molecule has 0 atom stereocenters. The van der Waals surface area contributed by atoms with Crippen molar-refractivity contribution in [3.8, 4) is 11.5 Å². The number of carbonyl (C=O) groups is 1. The third-order valence-corrected chi connectivity index (χ3v) is 3.05. The molecule has 1 aliphatic rings. The molecule has 0 aromatic carbocycles. The van der Waals surface area contributed by atoms with E-state index in [9.17, 15) is 4.79 Å². The molecule has 0 radical (unpaired) electrons. The molecule has 0 saturated carbocycles. The van der Waals surface area contributed by atoms with Gasteiger partial charge in [0.05, 0.1) is 6.20 Å². The number of hydrogen-bond donors (Lipinski definition) is 1. The summed E-state index contributed by atoms with van der Waals surface area (Å²) in [5.41, 5.74) is 0.658. The van der Waals surface area contributed by atoms with Gasteiger partial charge in [0.25, 0.3) is 0 Å². The first-order valence-corrected chi connectivity index (χ1v) is 6.47. The molecule has 20 heavy (non-hydrogen) atoms. The summed E-state index contributed by atoms with van der Waals surface area (Å²) in [5, 5.41) is 3.19. The van der Waals surface area contributed by atoms with Crippen molar-refractivity contribution in [1.29, 1.82) is 0 Å². The van der Waals surface area contributed by atoms with E-state index in [4.69, 9.17) is 4.84 Å². The standard InChI is InChI=1S/C13H15N5O2/c19-13(17-8-5-14-6-9-17)20-18-10-7-16-12(18)11-3-1-2-4-15-11/h1-4,7,10,14H,5-6,8-9H2. The van der Waals surface area contributed by atoms with Crippen LogP contribution in [0.15, 0.2) is 36.8 Å². The van der Waals surface area contributed by atoms with Crippen LogP contribution in [0.2, 0.25) is 0 Å². The highest BCUT2D eigenvalue weighted by molar-refractivity contribution is 5.68. The largest absolute Gasteiger partial charge is 0.434 e. The van der Waals surface area contributed by atoms with Gasteiger partial charge in [-0.05, 0) is 12.1 Å². The van der Waals surface area contributed by atoms with E-state index in [1.54, 1.807) is 23.5 Å². The summed E-state index contributed by atoms with van der Waals surface area (Å²) >= 11 is 0. The highest BCUT2D eigenvalue weighted by Crippen LogP contribution is 2.12. The smallest absolute Gasteiger partial charge is 0.315 e. The fourth-order valence-corrected chi connectivity index (χ4v) is 2.03. The Bertz CT molecular complexity index is 577. The summed E-state index contributed by atoms with van der Waals surface area (Å²) in [5.74, 6) is 0.508. The van der Waals surface area contributed by atoms with Crippen molar-refractivity contribution in [3.05, 3.63) is 36.8 Å². The molecule has 7 heteroatoms. The maximum Gasteiger partial charge on any atom is 0.434 e. The molecule has 1 aliphatic heterocycles. The molecule has 2 aromatic rings. The lowest BCUT2D eigenvalue weighted by atomic mass is 10.3. The fourth-order valence-electron chi connectivity index (χ4n) is 2.03. The molecule has 3 heterocycles. The third-order valence-electron chi connectivity index (χ3n) is 3.05. The van der Waals surface area contributed by atoms with E-state index in [1.165, 1.54) is 4.73 Å². The van der Waals surface area contributed by atoms with Gasteiger partial charge in [-0.3, -0.25) is 4.98 Å². The highest BCUT2D eigenvalue weighted by Gasteiger charge is 2.20. The summed E-state index contributed by atoms with van der Waals surface area (Å²) in [6.07, 6.45) is 4.48. The van der Waals surface area contributed by atoms with Crippen LogP contribution in [0.3, 0.4) is 0 Å². The first kappa shape index (κ1) is 12.6. The Morgan fingerprint density at radius 2 is 2.05 bits per heavy atom. The minimum Gasteiger partial charge on any atom is -0.315 e. The quantitative estimate of drug-likeness (QED) is 0.857. The second kappa shape index (κ2) is 5.70. The number of piperazine rings is 1. The van der Waals surface area contributed by atoms with Gasteiger partial charge in [0.15, 0.2) is 5.82 Å². The second-order valence-electron chi connectivity index (χ2n) is 4.39. The predicted octanol–water partition coefficient (Wildman–Crippen LogP) is 0.399. The summed E-state index contributed by atoms with van der Waals surface area (Å²) in [7, 11) is 0. The summed E-state index contributed by atoms with van der Waals surface area (Å²) in [4.78, 5) is 27.5. The number of pyridine rings is 1. The van der Waals surface area contributed by atoms with Crippen LogP contribution < -0.4 is 10.2 Å². The molecular weight excluding hydrogens is 258 g/mol. The molecule has 1 amide bonds. The van der Waals surface area contributed by atoms with Gasteiger partial charge in [0.1, 0.15) is 5.69 Å². The van der Waals surface area contributed by atoms with Gasteiger partial charge in [-0.2, -0.15) is 4.73 Å². The van der Waals surface area contributed by atoms with Crippen molar-refractivity contribution in [3.63, 3.8) is 0 Å². The molecule has 104 valence electrons. The van der Waals surface area contributed by atoms with Crippen molar-refractivity contribution in [2.75, 3.05) is 26.2 Å². The lowest BCUT2D eigenvalue weighted by Crippen LogP contribution is -2.48. The average molecular weight is 273 g/mol. The Kier molecular flexibility index (Phi) is 3.60. The monoisotopic (exact) mass is 273 g/mol. The summed E-state index contributed by atoms with van der Waals surface area (Å²) < 4.78 is 1.35. The van der Waals surface area contributed by atoms with Gasteiger partial charge >= 0.3 is 6.09 Å². The average Bonchev–Trinajstić information content (AvgIpc) is 2.97. The Labute approximate surface area is 116 Å². The van der Waals surface area contributed by atoms with Gasteiger partial charge in [-0.1, -0.05) is 6.07 Å². The van der Waals surface area contributed by atoms with Crippen LogP contribution in [-0.2, 0) is 0 Å². The molecule has 0 bridgehead atoms. The van der Waals surface area contributed by atoms with Crippen LogP contribution in [0.1, 0.15) is 0 Å². The molecule has 7 nitrogen and oxygen atoms in total. The molecular formula is C13H15N5O2. The summed E-state index contributed by atoms with van der Waals surface area (Å²) in [6.45, 7) is 2.86. The van der Waals surface area contributed by atoms with Crippen LogP contribution in [0.5, 0.6) is 0 Å². The van der Waals surface area contributed by atoms with Crippen molar-refractivity contribution in [2.24, 2.45) is 0 Å². The fraction of sp³-hybridized carbons (Fsp3) is 0.308. The normalized spacial score (nSPS) is 15.1. The molecule has 0 spiro atoms. The van der Waals surface area contributed by atoms with E-state index in [-0.39, 0.29) is 6.09 Å². The van der Waals surface area contributed by atoms with E-state index in [0.29, 0.717) is 24.6 Å². The Balaban J connectivity index is 1.75. The Morgan fingerprint density at radius 1 is 1.20 bits per heavy atom. The highest BCUT2D eigenvalue weighted by atomic mass is 16.7. The van der Waals surface area contributed by atoms with Gasteiger partial charge in [-0.15, -0.1) is 0 Å². The zero-order chi connectivity index (χ0) is 13.8. The zero-order valence-corrected chi connectivity index (χ0v) is 10.9. The third kappa shape index (κ3) is 2.62. The van der Waals surface area contributed by atoms with Gasteiger partial charge in [0, 0.05) is 38.6 Å². The SMILES string of the molecule is O=C(On1ccnc1-c1ccccn1)N1CCNCC1. The number of carbonyl (C=O) groups excluding carboxylic acids is 1. The maximum atomic E-state index is 12.1. The lowest BCUT2D eigenvalue weighted by molar-refractivity contribution is 0.0895. The van der Waals surface area contributed by atoms with Crippen molar-refractivity contribution in [2.45, 2.75) is 0 Å². The van der Waals surface area contributed by atoms with E-state index in [2.05, 4.69) is 15.3 Å². The number of nitrogens with one attached hydrogen (secondary N) is 1. The maximum absolute atomic E-state index is 12.1. The van der Waals surface area contributed by atoms with E-state index >= 15 is 0 Å². The summed E-state index contributed by atoms with van der Waals surface area (Å²) in [6, 6.07) is 5.50.